The van der Waals surface area contributed by atoms with Gasteiger partial charge in [0.2, 0.25) is 33.4 Å². The van der Waals surface area contributed by atoms with Crippen molar-refractivity contribution in [1.29, 1.82) is 0 Å². The molecule has 5 atom stereocenters. The van der Waals surface area contributed by atoms with Crippen molar-refractivity contribution in [1.82, 2.24) is 30.2 Å². The van der Waals surface area contributed by atoms with Gasteiger partial charge in [-0.05, 0) is 78.4 Å². The standard InChI is InChI=1S/C37H47F3N6O9S/c1-34(2,3)55-33(50)43-25-12-10-8-6-7-9-11-21-19-36(21,32(49)45-56(51,52)35(4)15-16-35)44-29(47)27-18-23(20-46(27)31(25)48)54-30-28(37(38,39)40)41-26-17-22(53-5)13-14-24(26)42-30/h9,11,13-14,17,21,23,25,27H,6-8,10,12,15-16,18-20H2,1-5H3,(H,43,50)(H,44,47)(H,45,49)/b11-9+/t21-,23-,25+,27+,36-/m1/s1. The number of halogens is 3. The van der Waals surface area contributed by atoms with E-state index in [4.69, 9.17) is 14.2 Å². The number of alkyl halides is 3. The monoisotopic (exact) mass is 808 g/mol. The van der Waals surface area contributed by atoms with Gasteiger partial charge in [-0.25, -0.2) is 23.2 Å². The van der Waals surface area contributed by atoms with Crippen LogP contribution in [0.1, 0.15) is 91.2 Å². The molecule has 0 radical (unpaired) electrons. The van der Waals surface area contributed by atoms with E-state index in [1.165, 1.54) is 32.2 Å². The molecule has 1 saturated heterocycles. The third kappa shape index (κ3) is 8.81. The van der Waals surface area contributed by atoms with Gasteiger partial charge in [0.1, 0.15) is 35.1 Å². The summed E-state index contributed by atoms with van der Waals surface area (Å²) < 4.78 is 86.8. The number of ether oxygens (including phenoxy) is 3. The maximum Gasteiger partial charge on any atom is 0.438 e. The molecule has 3 N–H and O–H groups in total. The summed E-state index contributed by atoms with van der Waals surface area (Å²) in [7, 11) is -2.74. The van der Waals surface area contributed by atoms with Gasteiger partial charge in [0, 0.05) is 18.4 Å². The molecule has 2 aliphatic carbocycles. The third-order valence-electron chi connectivity index (χ3n) is 10.6. The van der Waals surface area contributed by atoms with Crippen molar-refractivity contribution in [3.8, 4) is 11.6 Å². The highest BCUT2D eigenvalue weighted by atomic mass is 32.2. The van der Waals surface area contributed by atoms with Gasteiger partial charge in [-0.15, -0.1) is 0 Å². The molecule has 306 valence electrons. The predicted octanol–water partition coefficient (Wildman–Crippen LogP) is 4.29. The fourth-order valence-corrected chi connectivity index (χ4v) is 8.28. The Labute approximate surface area is 322 Å². The molecule has 2 aromatic rings. The maximum absolute atomic E-state index is 14.4. The molecule has 3 fully saturated rings. The van der Waals surface area contributed by atoms with Gasteiger partial charge < -0.3 is 29.7 Å². The molecule has 0 spiro atoms. The average molecular weight is 809 g/mol. The van der Waals surface area contributed by atoms with Gasteiger partial charge in [0.25, 0.3) is 5.91 Å². The van der Waals surface area contributed by atoms with Crippen LogP contribution in [0.15, 0.2) is 30.4 Å². The Balaban J connectivity index is 1.34. The molecule has 15 nitrogen and oxygen atoms in total. The zero-order chi connectivity index (χ0) is 40.8. The minimum atomic E-state index is -5.01. The number of hydrogen-bond acceptors (Lipinski definition) is 11. The highest BCUT2D eigenvalue weighted by Crippen LogP contribution is 2.47. The Kier molecular flexibility index (Phi) is 11.0. The summed E-state index contributed by atoms with van der Waals surface area (Å²) in [4.78, 5) is 64.5. The van der Waals surface area contributed by atoms with Gasteiger partial charge in [-0.1, -0.05) is 25.0 Å². The molecule has 0 unspecified atom stereocenters. The first kappa shape index (κ1) is 41.0. The van der Waals surface area contributed by atoms with Crippen molar-refractivity contribution in [2.75, 3.05) is 13.7 Å². The van der Waals surface area contributed by atoms with Crippen molar-refractivity contribution in [2.24, 2.45) is 5.92 Å². The summed E-state index contributed by atoms with van der Waals surface area (Å²) in [5, 5.41) is 5.32. The van der Waals surface area contributed by atoms with Crippen LogP contribution in [0.4, 0.5) is 18.0 Å². The molecule has 4 aliphatic rings. The van der Waals surface area contributed by atoms with Crippen LogP contribution >= 0.6 is 0 Å². The lowest BCUT2D eigenvalue weighted by Gasteiger charge is -2.30. The van der Waals surface area contributed by atoms with Crippen LogP contribution in [0, 0.1) is 5.92 Å². The van der Waals surface area contributed by atoms with E-state index in [-0.39, 0.29) is 36.0 Å². The normalized spacial score (nSPS) is 27.4. The Morgan fingerprint density at radius 2 is 1.79 bits per heavy atom. The SMILES string of the molecule is COc1ccc2nc(O[C@@H]3C[C@H]4C(=O)N[C@]5(C(=O)NS(=O)(=O)C6(C)CC6)C[C@H]5/C=C/CCCCC[C@H](NC(=O)OC(C)(C)C)C(=O)N4C3)c(C(F)(F)F)nc2c1. The summed E-state index contributed by atoms with van der Waals surface area (Å²) in [5.41, 5.74) is -4.06. The van der Waals surface area contributed by atoms with Crippen LogP contribution in [-0.4, -0.2) is 94.8 Å². The number of sulfonamides is 1. The molecule has 1 aromatic carbocycles. The molecule has 3 heterocycles. The van der Waals surface area contributed by atoms with E-state index in [2.05, 4.69) is 25.3 Å². The number of carbonyl (C=O) groups excluding carboxylic acids is 4. The van der Waals surface area contributed by atoms with Gasteiger partial charge in [0.15, 0.2) is 0 Å². The van der Waals surface area contributed by atoms with Crippen molar-refractivity contribution < 1.29 is 55.0 Å². The van der Waals surface area contributed by atoms with E-state index >= 15 is 0 Å². The molecule has 0 bridgehead atoms. The van der Waals surface area contributed by atoms with E-state index in [9.17, 15) is 40.8 Å². The van der Waals surface area contributed by atoms with Crippen molar-refractivity contribution in [3.05, 3.63) is 36.0 Å². The number of aromatic nitrogens is 2. The van der Waals surface area contributed by atoms with Gasteiger partial charge in [-0.3, -0.25) is 19.1 Å². The average Bonchev–Trinajstić information content (AvgIpc) is 3.98. The number of carbonyl (C=O) groups is 4. The Morgan fingerprint density at radius 1 is 1.05 bits per heavy atom. The second-order valence-corrected chi connectivity index (χ2v) is 18.3. The summed E-state index contributed by atoms with van der Waals surface area (Å²) in [6.45, 7) is 6.06. The Morgan fingerprint density at radius 3 is 2.45 bits per heavy atom. The number of amides is 4. The summed E-state index contributed by atoms with van der Waals surface area (Å²) in [6.07, 6.45) is -0.469. The van der Waals surface area contributed by atoms with E-state index in [1.807, 2.05) is 6.08 Å². The van der Waals surface area contributed by atoms with Crippen LogP contribution in [0.5, 0.6) is 11.6 Å². The van der Waals surface area contributed by atoms with Crippen molar-refractivity contribution in [2.45, 2.75) is 126 Å². The first-order valence-electron chi connectivity index (χ1n) is 18.6. The van der Waals surface area contributed by atoms with Crippen LogP contribution < -0.4 is 24.8 Å². The minimum absolute atomic E-state index is 0.0629. The molecule has 2 saturated carbocycles. The summed E-state index contributed by atoms with van der Waals surface area (Å²) in [6, 6.07) is 1.57. The lowest BCUT2D eigenvalue weighted by Crippen LogP contribution is -2.58. The first-order chi connectivity index (χ1) is 26.1. The molecule has 4 amide bonds. The van der Waals surface area contributed by atoms with E-state index in [0.717, 1.165) is 4.90 Å². The fraction of sp³-hybridized carbons (Fsp3) is 0.622. The third-order valence-corrected chi connectivity index (χ3v) is 12.7. The number of methoxy groups -OCH3 is 1. The lowest BCUT2D eigenvalue weighted by molar-refractivity contribution is -0.143. The van der Waals surface area contributed by atoms with Crippen molar-refractivity contribution >= 4 is 44.9 Å². The summed E-state index contributed by atoms with van der Waals surface area (Å²) >= 11 is 0. The smallest absolute Gasteiger partial charge is 0.438 e. The number of nitrogens with zero attached hydrogens (tertiary/aromatic N) is 3. The molecule has 6 rings (SSSR count). The number of hydrogen-bond donors (Lipinski definition) is 3. The number of benzene rings is 1. The van der Waals surface area contributed by atoms with Crippen molar-refractivity contribution in [3.63, 3.8) is 0 Å². The van der Waals surface area contributed by atoms with Crippen LogP contribution in [-0.2, 0) is 35.3 Å². The largest absolute Gasteiger partial charge is 0.497 e. The quantitative estimate of drug-likeness (QED) is 0.338. The zero-order valence-electron chi connectivity index (χ0n) is 31.8. The molecule has 1 aromatic heterocycles. The minimum Gasteiger partial charge on any atom is -0.497 e. The van der Waals surface area contributed by atoms with Gasteiger partial charge >= 0.3 is 12.3 Å². The topological polar surface area (TPSA) is 195 Å². The molecular weight excluding hydrogens is 762 g/mol. The molecular formula is C37H47F3N6O9S. The van der Waals surface area contributed by atoms with E-state index in [0.29, 0.717) is 38.5 Å². The highest BCUT2D eigenvalue weighted by Gasteiger charge is 2.63. The van der Waals surface area contributed by atoms with Gasteiger partial charge in [-0.2, -0.15) is 13.2 Å². The van der Waals surface area contributed by atoms with E-state index in [1.54, 1.807) is 26.8 Å². The number of rotatable bonds is 7. The maximum atomic E-state index is 14.4. The number of allylic oxidation sites excluding steroid dienone is 1. The molecule has 19 heteroatoms. The Hall–Kier alpha value is -4.68. The van der Waals surface area contributed by atoms with E-state index < -0.39 is 98.1 Å². The zero-order valence-corrected chi connectivity index (χ0v) is 32.6. The van der Waals surface area contributed by atoms with Crippen LogP contribution in [0.3, 0.4) is 0 Å². The summed E-state index contributed by atoms with van der Waals surface area (Å²) in [5.74, 6) is -3.70. The molecule has 56 heavy (non-hydrogen) atoms. The van der Waals surface area contributed by atoms with Gasteiger partial charge in [0.05, 0.1) is 29.4 Å². The highest BCUT2D eigenvalue weighted by molar-refractivity contribution is 7.91. The predicted molar refractivity (Wildman–Crippen MR) is 195 cm³/mol. The number of nitrogens with one attached hydrogen (secondary N) is 3. The molecule has 2 aliphatic heterocycles. The fourth-order valence-electron chi connectivity index (χ4n) is 6.97. The second-order valence-electron chi connectivity index (χ2n) is 16.1. The number of fused-ring (bicyclic) bond motifs is 3. The Bertz CT molecular complexity index is 2030. The van der Waals surface area contributed by atoms with Crippen LogP contribution in [0.25, 0.3) is 11.0 Å². The van der Waals surface area contributed by atoms with Crippen LogP contribution in [0.2, 0.25) is 0 Å². The number of alkyl carbamates (subject to hydrolysis) is 1. The first-order valence-corrected chi connectivity index (χ1v) is 20.1. The second kappa shape index (κ2) is 15.0. The lowest BCUT2D eigenvalue weighted by atomic mass is 10.0.